The van der Waals surface area contributed by atoms with Crippen molar-refractivity contribution >= 4 is 28.9 Å². The molecule has 1 heterocycles. The summed E-state index contributed by atoms with van der Waals surface area (Å²) in [6.45, 7) is 2.23. The molecule has 2 N–H and O–H groups in total. The molecule has 1 aromatic heterocycles. The molecule has 2 aliphatic rings. The maximum Gasteiger partial charge on any atom is 0.345 e. The predicted molar refractivity (Wildman–Crippen MR) is 121 cm³/mol. The van der Waals surface area contributed by atoms with Crippen molar-refractivity contribution in [2.24, 2.45) is 17.3 Å². The van der Waals surface area contributed by atoms with E-state index >= 15 is 0 Å². The van der Waals surface area contributed by atoms with E-state index < -0.39 is 5.97 Å². The highest BCUT2D eigenvalue weighted by molar-refractivity contribution is 7.13. The number of hydrogen-bond acceptors (Lipinski definition) is 3. The number of halogens is 1. The molecular formula is C24H37ClO3S. The fraction of sp³-hybridized carbons (Fsp3) is 0.792. The van der Waals surface area contributed by atoms with E-state index in [-0.39, 0.29) is 16.9 Å². The first kappa shape index (κ1) is 23.1. The van der Waals surface area contributed by atoms with Crippen LogP contribution < -0.4 is 0 Å². The second kappa shape index (κ2) is 10.6. The average molecular weight is 441 g/mol. The van der Waals surface area contributed by atoms with Gasteiger partial charge < -0.3 is 10.2 Å². The molecule has 0 spiro atoms. The number of carboxylic acid groups (broad SMARTS) is 1. The molecule has 0 saturated heterocycles. The molecule has 4 atom stereocenters. The van der Waals surface area contributed by atoms with Gasteiger partial charge in [-0.05, 0) is 93.6 Å². The van der Waals surface area contributed by atoms with E-state index in [4.69, 9.17) is 16.7 Å². The lowest BCUT2D eigenvalue weighted by atomic mass is 9.61. The topological polar surface area (TPSA) is 57.5 Å². The molecule has 1 aromatic rings. The number of aryl methyl sites for hydroxylation is 1. The third kappa shape index (κ3) is 5.77. The van der Waals surface area contributed by atoms with Gasteiger partial charge in [0.15, 0.2) is 0 Å². The van der Waals surface area contributed by atoms with Gasteiger partial charge in [-0.2, -0.15) is 0 Å². The molecule has 5 heteroatoms. The van der Waals surface area contributed by atoms with Crippen LogP contribution in [0.5, 0.6) is 0 Å². The molecule has 0 radical (unpaired) electrons. The van der Waals surface area contributed by atoms with Crippen LogP contribution in [0.1, 0.15) is 98.5 Å². The molecule has 3 nitrogen and oxygen atoms in total. The minimum absolute atomic E-state index is 0.132. The van der Waals surface area contributed by atoms with Crippen molar-refractivity contribution in [3.63, 3.8) is 0 Å². The van der Waals surface area contributed by atoms with Crippen molar-refractivity contribution in [1.29, 1.82) is 0 Å². The van der Waals surface area contributed by atoms with E-state index in [1.165, 1.54) is 61.2 Å². The third-order valence-electron chi connectivity index (χ3n) is 7.57. The van der Waals surface area contributed by atoms with Crippen LogP contribution in [0.25, 0.3) is 0 Å². The quantitative estimate of drug-likeness (QED) is 0.347. The minimum atomic E-state index is -0.827. The number of hydrogen-bond donors (Lipinski definition) is 2. The van der Waals surface area contributed by atoms with E-state index in [2.05, 4.69) is 6.92 Å². The smallest absolute Gasteiger partial charge is 0.345 e. The fourth-order valence-corrected chi connectivity index (χ4v) is 7.12. The molecular weight excluding hydrogens is 404 g/mol. The van der Waals surface area contributed by atoms with E-state index in [0.29, 0.717) is 16.7 Å². The SMILES string of the molecule is CCCC1(C(O)CCCC2C(CCCc3ccc(C(=O)O)s3)CC[C@@H]2Cl)CCC1. The Labute approximate surface area is 184 Å². The lowest BCUT2D eigenvalue weighted by Crippen LogP contribution is -2.41. The zero-order valence-corrected chi connectivity index (χ0v) is 19.3. The number of aromatic carboxylic acids is 1. The van der Waals surface area contributed by atoms with Crippen LogP contribution in [0.2, 0.25) is 0 Å². The number of alkyl halides is 1. The van der Waals surface area contributed by atoms with Crippen molar-refractivity contribution < 1.29 is 15.0 Å². The summed E-state index contributed by atoms with van der Waals surface area (Å²) in [5, 5.41) is 20.1. The van der Waals surface area contributed by atoms with Crippen molar-refractivity contribution in [2.75, 3.05) is 0 Å². The van der Waals surface area contributed by atoms with Gasteiger partial charge in [0, 0.05) is 10.3 Å². The van der Waals surface area contributed by atoms with Crippen LogP contribution in [0.15, 0.2) is 12.1 Å². The van der Waals surface area contributed by atoms with Crippen LogP contribution in [0.3, 0.4) is 0 Å². The first-order chi connectivity index (χ1) is 13.9. The van der Waals surface area contributed by atoms with Crippen molar-refractivity contribution in [3.8, 4) is 0 Å². The van der Waals surface area contributed by atoms with E-state index in [1.807, 2.05) is 6.07 Å². The Morgan fingerprint density at radius 1 is 1.28 bits per heavy atom. The summed E-state index contributed by atoms with van der Waals surface area (Å²) in [6, 6.07) is 3.67. The highest BCUT2D eigenvalue weighted by Gasteiger charge is 2.42. The van der Waals surface area contributed by atoms with Gasteiger partial charge in [0.2, 0.25) is 0 Å². The Kier molecular flexibility index (Phi) is 8.47. The van der Waals surface area contributed by atoms with Gasteiger partial charge >= 0.3 is 5.97 Å². The lowest BCUT2D eigenvalue weighted by molar-refractivity contribution is -0.0475. The van der Waals surface area contributed by atoms with Crippen LogP contribution >= 0.6 is 22.9 Å². The zero-order chi connectivity index (χ0) is 20.9. The Bertz CT molecular complexity index is 654. The summed E-state index contributed by atoms with van der Waals surface area (Å²) < 4.78 is 0. The maximum atomic E-state index is 11.0. The molecule has 0 aromatic carbocycles. The molecule has 3 unspecified atom stereocenters. The largest absolute Gasteiger partial charge is 0.477 e. The summed E-state index contributed by atoms with van der Waals surface area (Å²) in [5.74, 6) is 0.430. The average Bonchev–Trinajstić information content (AvgIpc) is 3.26. The number of rotatable bonds is 12. The van der Waals surface area contributed by atoms with Gasteiger partial charge in [-0.1, -0.05) is 26.2 Å². The summed E-state index contributed by atoms with van der Waals surface area (Å²) in [6.07, 6.45) is 14.6. The number of carbonyl (C=O) groups is 1. The molecule has 0 amide bonds. The number of thiophene rings is 1. The van der Waals surface area contributed by atoms with Gasteiger partial charge in [0.05, 0.1) is 6.10 Å². The molecule has 2 fully saturated rings. The van der Waals surface area contributed by atoms with Crippen LogP contribution in [-0.2, 0) is 6.42 Å². The monoisotopic (exact) mass is 440 g/mol. The Morgan fingerprint density at radius 2 is 2.07 bits per heavy atom. The van der Waals surface area contributed by atoms with Crippen molar-refractivity contribution in [2.45, 2.75) is 102 Å². The standard InChI is InChI=1S/C24H37ClO3S/c1-2-14-24(15-5-16-24)22(26)9-4-8-19-17(10-12-20(19)25)6-3-7-18-11-13-21(29-18)23(27)28/h11,13,17,19-20,22,26H,2-10,12,14-16H2,1H3,(H,27,28)/t17?,19?,20-,22?/m0/s1. The van der Waals surface area contributed by atoms with E-state index in [0.717, 1.165) is 38.5 Å². The zero-order valence-electron chi connectivity index (χ0n) is 17.7. The molecule has 164 valence electrons. The van der Waals surface area contributed by atoms with Gasteiger partial charge in [0.1, 0.15) is 4.88 Å². The molecule has 0 bridgehead atoms. The first-order valence-corrected chi connectivity index (χ1v) is 12.8. The minimum Gasteiger partial charge on any atom is -0.477 e. The molecule has 2 saturated carbocycles. The van der Waals surface area contributed by atoms with Crippen LogP contribution in [-0.4, -0.2) is 27.7 Å². The molecule has 3 rings (SSSR count). The van der Waals surface area contributed by atoms with E-state index in [1.54, 1.807) is 6.07 Å². The maximum absolute atomic E-state index is 11.0. The highest BCUT2D eigenvalue weighted by Crippen LogP contribution is 2.49. The third-order valence-corrected chi connectivity index (χ3v) is 9.25. The molecule has 0 aliphatic heterocycles. The Hall–Kier alpha value is -0.580. The molecule has 29 heavy (non-hydrogen) atoms. The second-order valence-electron chi connectivity index (χ2n) is 9.39. The van der Waals surface area contributed by atoms with Gasteiger partial charge in [0.25, 0.3) is 0 Å². The first-order valence-electron chi connectivity index (χ1n) is 11.6. The summed E-state index contributed by atoms with van der Waals surface area (Å²) in [5.41, 5.74) is 0.222. The highest BCUT2D eigenvalue weighted by atomic mass is 35.5. The van der Waals surface area contributed by atoms with Gasteiger partial charge in [-0.15, -0.1) is 22.9 Å². The number of carboxylic acids is 1. The predicted octanol–water partition coefficient (Wildman–Crippen LogP) is 6.90. The lowest BCUT2D eigenvalue weighted by Gasteiger charge is -2.46. The van der Waals surface area contributed by atoms with Crippen molar-refractivity contribution in [3.05, 3.63) is 21.9 Å². The summed E-state index contributed by atoms with van der Waals surface area (Å²) in [7, 11) is 0. The van der Waals surface area contributed by atoms with E-state index in [9.17, 15) is 9.90 Å². The Balaban J connectivity index is 1.41. The normalized spacial score (nSPS) is 26.9. The Morgan fingerprint density at radius 3 is 2.69 bits per heavy atom. The number of aliphatic hydroxyl groups is 1. The van der Waals surface area contributed by atoms with Crippen LogP contribution in [0, 0.1) is 17.3 Å². The van der Waals surface area contributed by atoms with Crippen LogP contribution in [0.4, 0.5) is 0 Å². The van der Waals surface area contributed by atoms with Gasteiger partial charge in [-0.25, -0.2) is 4.79 Å². The summed E-state index contributed by atoms with van der Waals surface area (Å²) in [4.78, 5) is 12.6. The van der Waals surface area contributed by atoms with Gasteiger partial charge in [-0.3, -0.25) is 0 Å². The summed E-state index contributed by atoms with van der Waals surface area (Å²) >= 11 is 8.08. The van der Waals surface area contributed by atoms with Crippen molar-refractivity contribution in [1.82, 2.24) is 0 Å². The number of aliphatic hydroxyl groups excluding tert-OH is 1. The second-order valence-corrected chi connectivity index (χ2v) is 11.1. The fourth-order valence-electron chi connectivity index (χ4n) is 5.77. The molecule has 2 aliphatic carbocycles.